The third-order valence-electron chi connectivity index (χ3n) is 9.94. The number of hydrogen-bond donors (Lipinski definition) is 2. The molecule has 1 spiro atoms. The summed E-state index contributed by atoms with van der Waals surface area (Å²) in [7, 11) is 1.86. The molecule has 10 heteroatoms. The monoisotopic (exact) mass is 574 g/mol. The molecule has 2 aromatic heterocycles. The molecule has 216 valence electrons. The quantitative estimate of drug-likeness (QED) is 0.422. The summed E-state index contributed by atoms with van der Waals surface area (Å²) in [4.78, 5) is 29.7. The van der Waals surface area contributed by atoms with Crippen LogP contribution in [0, 0.1) is 0 Å². The van der Waals surface area contributed by atoms with Crippen LogP contribution >= 0.6 is 0 Å². The number of nitrogens with one attached hydrogen (secondary N) is 1. The molecule has 2 N–H and O–H groups in total. The van der Waals surface area contributed by atoms with Gasteiger partial charge in [0.05, 0.1) is 22.8 Å². The first-order chi connectivity index (χ1) is 19.9. The van der Waals surface area contributed by atoms with Gasteiger partial charge >= 0.3 is 0 Å². The lowest BCUT2D eigenvalue weighted by Crippen LogP contribution is -2.47. The van der Waals surface area contributed by atoms with Gasteiger partial charge in [-0.15, -0.1) is 0 Å². The standard InChI is InChI=1S/C31H38N6O3S/c1-35-27-20-32-26-7-6-21(17-25(26)28(27)31(30(35)38)10-5-11-31)22-16-23(19-34-41(39)40)29(33-18-22)37-14-8-24(9-15-37)36-12-3-2-4-13-36/h6-7,16-18,20,24,34H,2-5,8-15,19H2,1H3,(H,39,40). The predicted octanol–water partition coefficient (Wildman–Crippen LogP) is 4.38. The van der Waals surface area contributed by atoms with Gasteiger partial charge in [-0.1, -0.05) is 18.9 Å². The number of piperidine rings is 2. The molecule has 5 heterocycles. The second-order valence-corrected chi connectivity index (χ2v) is 12.9. The zero-order valence-corrected chi connectivity index (χ0v) is 24.5. The highest BCUT2D eigenvalue weighted by Crippen LogP contribution is 2.55. The van der Waals surface area contributed by atoms with Crippen molar-refractivity contribution in [1.29, 1.82) is 0 Å². The number of likely N-dealkylation sites (N-methyl/N-ethyl adjacent to an activating group) is 1. The molecule has 9 nitrogen and oxygen atoms in total. The van der Waals surface area contributed by atoms with Crippen LogP contribution in [0.4, 0.5) is 11.5 Å². The number of likely N-dealkylation sites (tertiary alicyclic amines) is 1. The smallest absolute Gasteiger partial charge is 0.237 e. The fourth-order valence-electron chi connectivity index (χ4n) is 7.59. The van der Waals surface area contributed by atoms with Crippen LogP contribution in [-0.4, -0.2) is 68.8 Å². The van der Waals surface area contributed by atoms with Crippen LogP contribution < -0.4 is 14.5 Å². The van der Waals surface area contributed by atoms with Crippen molar-refractivity contribution < 1.29 is 13.6 Å². The maximum atomic E-state index is 13.3. The van der Waals surface area contributed by atoms with E-state index in [9.17, 15) is 13.6 Å². The summed E-state index contributed by atoms with van der Waals surface area (Å²) in [5.74, 6) is 1.06. The predicted molar refractivity (Wildman–Crippen MR) is 162 cm³/mol. The van der Waals surface area contributed by atoms with Gasteiger partial charge in [0, 0.05) is 61.0 Å². The van der Waals surface area contributed by atoms with E-state index in [2.05, 4.69) is 37.7 Å². The Kier molecular flexibility index (Phi) is 7.05. The van der Waals surface area contributed by atoms with Crippen molar-refractivity contribution in [3.8, 4) is 11.1 Å². The number of rotatable bonds is 6. The number of pyridine rings is 2. The molecule has 3 aliphatic heterocycles. The van der Waals surface area contributed by atoms with Gasteiger partial charge in [-0.25, -0.2) is 13.9 Å². The van der Waals surface area contributed by atoms with Crippen molar-refractivity contribution in [2.24, 2.45) is 0 Å². The number of anilines is 2. The summed E-state index contributed by atoms with van der Waals surface area (Å²) >= 11 is -2.12. The molecule has 1 aromatic carbocycles. The highest BCUT2D eigenvalue weighted by atomic mass is 32.2. The van der Waals surface area contributed by atoms with Gasteiger partial charge in [-0.2, -0.15) is 0 Å². The zero-order valence-electron chi connectivity index (χ0n) is 23.6. The SMILES string of the molecule is CN1C(=O)C2(CCC2)c2c1cnc1ccc(-c3cnc(N4CCC(N5CCCCC5)CC4)c(CNS(=O)O)c3)cc21. The minimum atomic E-state index is -2.12. The first kappa shape index (κ1) is 26.9. The Morgan fingerprint density at radius 2 is 1.78 bits per heavy atom. The molecule has 3 fully saturated rings. The molecule has 1 aliphatic carbocycles. The minimum Gasteiger partial charge on any atom is -0.356 e. The summed E-state index contributed by atoms with van der Waals surface area (Å²) in [6, 6.07) is 8.95. The first-order valence-corrected chi connectivity index (χ1v) is 16.1. The maximum Gasteiger partial charge on any atom is 0.237 e. The minimum absolute atomic E-state index is 0.180. The van der Waals surface area contributed by atoms with E-state index in [-0.39, 0.29) is 12.5 Å². The topological polar surface area (TPSA) is 102 Å². The lowest BCUT2D eigenvalue weighted by molar-refractivity contribution is -0.125. The largest absolute Gasteiger partial charge is 0.356 e. The van der Waals surface area contributed by atoms with E-state index in [4.69, 9.17) is 4.98 Å². The highest BCUT2D eigenvalue weighted by molar-refractivity contribution is 7.77. The van der Waals surface area contributed by atoms with Crippen molar-refractivity contribution in [2.75, 3.05) is 43.0 Å². The molecule has 1 amide bonds. The van der Waals surface area contributed by atoms with Gasteiger partial charge in [0.1, 0.15) is 5.82 Å². The molecular weight excluding hydrogens is 536 g/mol. The number of carbonyl (C=O) groups excluding carboxylic acids is 1. The van der Waals surface area contributed by atoms with Crippen molar-refractivity contribution in [3.05, 3.63) is 47.8 Å². The van der Waals surface area contributed by atoms with Crippen molar-refractivity contribution >= 4 is 39.6 Å². The van der Waals surface area contributed by atoms with Gasteiger partial charge < -0.3 is 14.7 Å². The normalized spacial score (nSPS) is 21.9. The van der Waals surface area contributed by atoms with Gasteiger partial charge in [-0.05, 0) is 75.4 Å². The third kappa shape index (κ3) is 4.65. The zero-order chi connectivity index (χ0) is 28.1. The molecule has 2 saturated heterocycles. The van der Waals surface area contributed by atoms with Crippen LogP contribution in [0.5, 0.6) is 0 Å². The van der Waals surface area contributed by atoms with Crippen LogP contribution in [0.1, 0.15) is 62.5 Å². The summed E-state index contributed by atoms with van der Waals surface area (Å²) in [5, 5.41) is 1.03. The van der Waals surface area contributed by atoms with E-state index in [1.807, 2.05) is 25.5 Å². The van der Waals surface area contributed by atoms with E-state index in [1.54, 1.807) is 4.90 Å². The molecule has 7 rings (SSSR count). The number of fused-ring (bicyclic) bond motifs is 4. The fourth-order valence-corrected chi connectivity index (χ4v) is 7.87. The van der Waals surface area contributed by atoms with Gasteiger partial charge in [0.15, 0.2) is 0 Å². The second kappa shape index (κ2) is 10.7. The Morgan fingerprint density at radius 3 is 2.49 bits per heavy atom. The summed E-state index contributed by atoms with van der Waals surface area (Å²) in [6.07, 6.45) is 12.8. The Labute approximate surface area is 243 Å². The van der Waals surface area contributed by atoms with Gasteiger partial charge in [0.25, 0.3) is 0 Å². The Morgan fingerprint density at radius 1 is 1.00 bits per heavy atom. The average molecular weight is 575 g/mol. The van der Waals surface area contributed by atoms with E-state index in [0.717, 1.165) is 89.9 Å². The first-order valence-electron chi connectivity index (χ1n) is 15.0. The van der Waals surface area contributed by atoms with Crippen molar-refractivity contribution in [3.63, 3.8) is 0 Å². The molecule has 3 aromatic rings. The lowest BCUT2D eigenvalue weighted by atomic mass is 9.64. The molecule has 1 atom stereocenters. The van der Waals surface area contributed by atoms with Crippen molar-refractivity contribution in [1.82, 2.24) is 19.6 Å². The van der Waals surface area contributed by atoms with Gasteiger partial charge in [-0.3, -0.25) is 14.3 Å². The lowest BCUT2D eigenvalue weighted by Gasteiger charge is -2.41. The van der Waals surface area contributed by atoms with Crippen LogP contribution in [0.2, 0.25) is 0 Å². The maximum absolute atomic E-state index is 13.3. The molecule has 41 heavy (non-hydrogen) atoms. The Balaban J connectivity index is 1.21. The number of amides is 1. The number of carbonyl (C=O) groups is 1. The highest BCUT2D eigenvalue weighted by Gasteiger charge is 2.54. The summed E-state index contributed by atoms with van der Waals surface area (Å²) < 4.78 is 23.7. The van der Waals surface area contributed by atoms with Crippen LogP contribution in [0.15, 0.2) is 36.7 Å². The van der Waals surface area contributed by atoms with Crippen LogP contribution in [0.25, 0.3) is 22.0 Å². The van der Waals surface area contributed by atoms with Crippen LogP contribution in [-0.2, 0) is 28.0 Å². The molecule has 1 saturated carbocycles. The number of nitrogens with zero attached hydrogens (tertiary/aromatic N) is 5. The van der Waals surface area contributed by atoms with E-state index >= 15 is 0 Å². The molecule has 0 bridgehead atoms. The van der Waals surface area contributed by atoms with E-state index in [1.165, 1.54) is 32.4 Å². The molecule has 1 unspecified atom stereocenters. The number of aromatic nitrogens is 2. The number of hydrogen-bond acceptors (Lipinski definition) is 6. The van der Waals surface area contributed by atoms with Crippen molar-refractivity contribution in [2.45, 2.75) is 69.4 Å². The third-order valence-corrected chi connectivity index (χ3v) is 10.3. The fraction of sp³-hybridized carbons (Fsp3) is 0.516. The Bertz CT molecular complexity index is 1510. The average Bonchev–Trinajstić information content (AvgIpc) is 3.23. The summed E-state index contributed by atoms with van der Waals surface area (Å²) in [5.41, 5.74) is 5.34. The van der Waals surface area contributed by atoms with E-state index in [0.29, 0.717) is 6.04 Å². The number of benzene rings is 1. The van der Waals surface area contributed by atoms with Crippen LogP contribution in [0.3, 0.4) is 0 Å². The summed E-state index contributed by atoms with van der Waals surface area (Å²) in [6.45, 7) is 4.54. The molecule has 0 radical (unpaired) electrons. The molecular formula is C31H38N6O3S. The Hall–Kier alpha value is -2.92. The molecule has 4 aliphatic rings. The van der Waals surface area contributed by atoms with Gasteiger partial charge in [0.2, 0.25) is 17.2 Å². The second-order valence-electron chi connectivity index (χ2n) is 12.1. The van der Waals surface area contributed by atoms with E-state index < -0.39 is 16.7 Å².